The van der Waals surface area contributed by atoms with Gasteiger partial charge in [0.15, 0.2) is 0 Å². The van der Waals surface area contributed by atoms with Gasteiger partial charge in [0.05, 0.1) is 0 Å². The van der Waals surface area contributed by atoms with Gasteiger partial charge in [0.1, 0.15) is 17.5 Å². The quantitative estimate of drug-likeness (QED) is 0.612. The van der Waals surface area contributed by atoms with Crippen molar-refractivity contribution in [3.05, 3.63) is 11.4 Å². The first-order valence-electron chi connectivity index (χ1n) is 5.87. The molecule has 1 aromatic heterocycles. The van der Waals surface area contributed by atoms with E-state index in [1.54, 1.807) is 0 Å². The molecule has 94 valence electrons. The summed E-state index contributed by atoms with van der Waals surface area (Å²) in [6.45, 7) is 6.03. The molecule has 3 N–H and O–H groups in total. The van der Waals surface area contributed by atoms with E-state index >= 15 is 0 Å². The first-order valence-corrected chi connectivity index (χ1v) is 7.02. The minimum Gasteiger partial charge on any atom is -0.355 e. The number of aryl methyl sites for hydroxylation is 1. The molecule has 0 bridgehead atoms. The number of nitrogen functional groups attached to an aromatic ring is 1. The third kappa shape index (κ3) is 2.81. The standard InChI is InChI=1S/C11H19N5S/c1-8-10(15-12)13-9(2)14-11(8)16-4-3-6-17-7-5-16/h3-7,12H2,1-2H3,(H,13,14,15). The molecular weight excluding hydrogens is 234 g/mol. The molecule has 1 saturated heterocycles. The van der Waals surface area contributed by atoms with Gasteiger partial charge >= 0.3 is 0 Å². The molecule has 0 spiro atoms. The number of thioether (sulfide) groups is 1. The molecule has 5 nitrogen and oxygen atoms in total. The van der Waals surface area contributed by atoms with Gasteiger partial charge in [-0.15, -0.1) is 0 Å². The number of hydrogen-bond acceptors (Lipinski definition) is 6. The van der Waals surface area contributed by atoms with Crippen LogP contribution < -0.4 is 16.2 Å². The lowest BCUT2D eigenvalue weighted by molar-refractivity contribution is 0.789. The molecule has 0 saturated carbocycles. The molecule has 1 aromatic rings. The Balaban J connectivity index is 2.32. The first kappa shape index (κ1) is 12.4. The van der Waals surface area contributed by atoms with E-state index in [0.717, 1.165) is 41.9 Å². The second kappa shape index (κ2) is 5.55. The second-order valence-corrected chi connectivity index (χ2v) is 5.39. The Labute approximate surface area is 106 Å². The molecule has 2 rings (SSSR count). The fourth-order valence-electron chi connectivity index (χ4n) is 2.02. The lowest BCUT2D eigenvalue weighted by atomic mass is 10.2. The fraction of sp³-hybridized carbons (Fsp3) is 0.636. The molecule has 6 heteroatoms. The van der Waals surface area contributed by atoms with E-state index in [2.05, 4.69) is 20.3 Å². The molecule has 0 unspecified atom stereocenters. The second-order valence-electron chi connectivity index (χ2n) is 4.17. The lowest BCUT2D eigenvalue weighted by Gasteiger charge is -2.24. The predicted octanol–water partition coefficient (Wildman–Crippen LogP) is 1.32. The minimum atomic E-state index is 0.726. The van der Waals surface area contributed by atoms with Crippen LogP contribution in [0, 0.1) is 13.8 Å². The Hall–Kier alpha value is -1.01. The van der Waals surface area contributed by atoms with E-state index in [4.69, 9.17) is 5.84 Å². The summed E-state index contributed by atoms with van der Waals surface area (Å²) in [5.41, 5.74) is 3.68. The van der Waals surface area contributed by atoms with Crippen LogP contribution in [-0.4, -0.2) is 34.6 Å². The summed E-state index contributed by atoms with van der Waals surface area (Å²) in [5, 5.41) is 0. The van der Waals surface area contributed by atoms with E-state index in [1.165, 1.54) is 12.2 Å². The van der Waals surface area contributed by atoms with E-state index in [9.17, 15) is 0 Å². The molecule has 17 heavy (non-hydrogen) atoms. The highest BCUT2D eigenvalue weighted by atomic mass is 32.2. The van der Waals surface area contributed by atoms with Crippen molar-refractivity contribution in [2.45, 2.75) is 20.3 Å². The summed E-state index contributed by atoms with van der Waals surface area (Å²) < 4.78 is 0. The maximum Gasteiger partial charge on any atom is 0.148 e. The molecule has 1 aliphatic rings. The number of nitrogens with one attached hydrogen (secondary N) is 1. The molecular formula is C11H19N5S. The number of nitrogens with two attached hydrogens (primary N) is 1. The Kier molecular flexibility index (Phi) is 4.06. The highest BCUT2D eigenvalue weighted by Gasteiger charge is 2.16. The van der Waals surface area contributed by atoms with Crippen LogP contribution in [0.2, 0.25) is 0 Å². The Morgan fingerprint density at radius 2 is 2.06 bits per heavy atom. The van der Waals surface area contributed by atoms with E-state index in [-0.39, 0.29) is 0 Å². The summed E-state index contributed by atoms with van der Waals surface area (Å²) in [6.07, 6.45) is 1.21. The maximum absolute atomic E-state index is 5.49. The predicted molar refractivity (Wildman–Crippen MR) is 73.5 cm³/mol. The normalized spacial score (nSPS) is 16.8. The van der Waals surface area contributed by atoms with Crippen LogP contribution in [0.15, 0.2) is 0 Å². The van der Waals surface area contributed by atoms with Crippen LogP contribution in [0.5, 0.6) is 0 Å². The molecule has 2 heterocycles. The largest absolute Gasteiger partial charge is 0.355 e. The SMILES string of the molecule is Cc1nc(NN)c(C)c(N2CCCSCC2)n1. The average Bonchev–Trinajstić information content (AvgIpc) is 2.60. The number of rotatable bonds is 2. The van der Waals surface area contributed by atoms with Crippen LogP contribution in [0.25, 0.3) is 0 Å². The fourth-order valence-corrected chi connectivity index (χ4v) is 2.91. The summed E-state index contributed by atoms with van der Waals surface area (Å²) in [7, 11) is 0. The number of hydrogen-bond donors (Lipinski definition) is 2. The van der Waals surface area contributed by atoms with Crippen molar-refractivity contribution >= 4 is 23.4 Å². The Morgan fingerprint density at radius 1 is 1.24 bits per heavy atom. The Bertz CT molecular complexity index is 388. The van der Waals surface area contributed by atoms with Crippen molar-refractivity contribution in [2.24, 2.45) is 5.84 Å². The molecule has 0 aromatic carbocycles. The van der Waals surface area contributed by atoms with E-state index < -0.39 is 0 Å². The molecule has 1 aliphatic heterocycles. The molecule has 1 fully saturated rings. The van der Waals surface area contributed by atoms with Gasteiger partial charge in [-0.1, -0.05) is 0 Å². The molecule has 0 radical (unpaired) electrons. The first-order chi connectivity index (χ1) is 8.22. The third-order valence-corrected chi connectivity index (χ3v) is 3.94. The summed E-state index contributed by atoms with van der Waals surface area (Å²) in [6, 6.07) is 0. The third-order valence-electron chi connectivity index (χ3n) is 2.89. The number of aromatic nitrogens is 2. The van der Waals surface area contributed by atoms with Gasteiger partial charge in [-0.2, -0.15) is 11.8 Å². The van der Waals surface area contributed by atoms with Crippen LogP contribution in [0.4, 0.5) is 11.6 Å². The van der Waals surface area contributed by atoms with Gasteiger partial charge in [0, 0.05) is 24.4 Å². The monoisotopic (exact) mass is 253 g/mol. The summed E-state index contributed by atoms with van der Waals surface area (Å²) in [4.78, 5) is 11.2. The maximum atomic E-state index is 5.49. The summed E-state index contributed by atoms with van der Waals surface area (Å²) >= 11 is 2.01. The summed E-state index contributed by atoms with van der Waals surface area (Å²) in [5.74, 6) is 10.4. The smallest absolute Gasteiger partial charge is 0.148 e. The molecule has 0 atom stereocenters. The highest BCUT2D eigenvalue weighted by molar-refractivity contribution is 7.99. The van der Waals surface area contributed by atoms with Crippen LogP contribution in [0.1, 0.15) is 17.8 Å². The van der Waals surface area contributed by atoms with E-state index in [1.807, 2.05) is 25.6 Å². The highest BCUT2D eigenvalue weighted by Crippen LogP contribution is 2.24. The van der Waals surface area contributed by atoms with Crippen molar-refractivity contribution in [2.75, 3.05) is 34.9 Å². The van der Waals surface area contributed by atoms with E-state index in [0.29, 0.717) is 0 Å². The zero-order valence-corrected chi connectivity index (χ0v) is 11.2. The van der Waals surface area contributed by atoms with Gasteiger partial charge < -0.3 is 10.3 Å². The van der Waals surface area contributed by atoms with Gasteiger partial charge in [-0.25, -0.2) is 15.8 Å². The number of hydrazine groups is 1. The van der Waals surface area contributed by atoms with Crippen LogP contribution in [0.3, 0.4) is 0 Å². The average molecular weight is 253 g/mol. The van der Waals surface area contributed by atoms with Gasteiger partial charge in [-0.3, -0.25) is 0 Å². The molecule has 0 amide bonds. The topological polar surface area (TPSA) is 67.1 Å². The number of anilines is 2. The molecule has 0 aliphatic carbocycles. The van der Waals surface area contributed by atoms with Gasteiger partial charge in [0.25, 0.3) is 0 Å². The minimum absolute atomic E-state index is 0.726. The van der Waals surface area contributed by atoms with Gasteiger partial charge in [-0.05, 0) is 26.0 Å². The van der Waals surface area contributed by atoms with Crippen molar-refractivity contribution < 1.29 is 0 Å². The van der Waals surface area contributed by atoms with Crippen molar-refractivity contribution in [3.63, 3.8) is 0 Å². The Morgan fingerprint density at radius 3 is 2.82 bits per heavy atom. The zero-order valence-electron chi connectivity index (χ0n) is 10.4. The van der Waals surface area contributed by atoms with Crippen molar-refractivity contribution in [1.82, 2.24) is 9.97 Å². The number of nitrogens with zero attached hydrogens (tertiary/aromatic N) is 3. The van der Waals surface area contributed by atoms with Crippen LogP contribution in [-0.2, 0) is 0 Å². The van der Waals surface area contributed by atoms with Gasteiger partial charge in [0.2, 0.25) is 0 Å². The lowest BCUT2D eigenvalue weighted by Crippen LogP contribution is -2.28. The van der Waals surface area contributed by atoms with Crippen molar-refractivity contribution in [1.29, 1.82) is 0 Å². The van der Waals surface area contributed by atoms with Crippen molar-refractivity contribution in [3.8, 4) is 0 Å². The van der Waals surface area contributed by atoms with Crippen LogP contribution >= 0.6 is 11.8 Å². The zero-order chi connectivity index (χ0) is 12.3.